The van der Waals surface area contributed by atoms with Crippen molar-refractivity contribution in [3.05, 3.63) is 54.0 Å². The summed E-state index contributed by atoms with van der Waals surface area (Å²) >= 11 is 0. The first-order chi connectivity index (χ1) is 14.2. The van der Waals surface area contributed by atoms with Gasteiger partial charge in [-0.1, -0.05) is 30.3 Å². The first-order valence-corrected chi connectivity index (χ1v) is 10.1. The number of benzene rings is 1. The van der Waals surface area contributed by atoms with E-state index in [0.29, 0.717) is 17.5 Å². The first kappa shape index (κ1) is 17.8. The molecule has 0 radical (unpaired) electrons. The summed E-state index contributed by atoms with van der Waals surface area (Å²) in [5.74, 6) is 1.95. The highest BCUT2D eigenvalue weighted by atomic mass is 16.2. The maximum atomic E-state index is 13.2. The maximum absolute atomic E-state index is 13.2. The van der Waals surface area contributed by atoms with E-state index in [1.54, 1.807) is 11.1 Å². The molecule has 2 fully saturated rings. The molecule has 5 rings (SSSR count). The zero-order chi connectivity index (χ0) is 19.8. The van der Waals surface area contributed by atoms with Gasteiger partial charge in [-0.2, -0.15) is 10.4 Å². The van der Waals surface area contributed by atoms with Gasteiger partial charge in [-0.05, 0) is 30.2 Å². The number of aromatic nitrogens is 2. The Labute approximate surface area is 169 Å². The molecule has 1 aromatic heterocycles. The highest BCUT2D eigenvalue weighted by Gasteiger charge is 2.46. The van der Waals surface area contributed by atoms with Crippen molar-refractivity contribution in [3.63, 3.8) is 0 Å². The molecule has 2 aliphatic heterocycles. The molecular weight excluding hydrogens is 364 g/mol. The molecule has 146 valence electrons. The van der Waals surface area contributed by atoms with E-state index in [1.807, 2.05) is 24.4 Å². The fourth-order valence-corrected chi connectivity index (χ4v) is 5.04. The fourth-order valence-electron chi connectivity index (χ4n) is 5.04. The van der Waals surface area contributed by atoms with E-state index in [2.05, 4.69) is 38.2 Å². The molecule has 7 nitrogen and oxygen atoms in total. The molecule has 0 spiro atoms. The molecule has 3 heterocycles. The second kappa shape index (κ2) is 7.28. The summed E-state index contributed by atoms with van der Waals surface area (Å²) in [5.41, 5.74) is 1.53. The normalized spacial score (nSPS) is 27.8. The van der Waals surface area contributed by atoms with E-state index in [4.69, 9.17) is 5.26 Å². The fraction of sp³-hybridized carbons (Fsp3) is 0.409. The molecule has 0 N–H and O–H groups in total. The topological polar surface area (TPSA) is 85.5 Å². The lowest BCUT2D eigenvalue weighted by atomic mass is 10.0. The zero-order valence-corrected chi connectivity index (χ0v) is 16.1. The Bertz CT molecular complexity index is 970. The van der Waals surface area contributed by atoms with Crippen LogP contribution >= 0.6 is 0 Å². The lowest BCUT2D eigenvalue weighted by Crippen LogP contribution is -2.33. The van der Waals surface area contributed by atoms with Gasteiger partial charge in [0.15, 0.2) is 0 Å². The minimum absolute atomic E-state index is 0.0195. The molecule has 1 amide bonds. The minimum Gasteiger partial charge on any atom is -0.356 e. The molecule has 1 aromatic carbocycles. The quantitative estimate of drug-likeness (QED) is 0.810. The highest BCUT2D eigenvalue weighted by Crippen LogP contribution is 2.44. The lowest BCUT2D eigenvalue weighted by molar-refractivity contribution is -0.137. The zero-order valence-electron chi connectivity index (χ0n) is 16.1. The Hall–Kier alpha value is -3.27. The Balaban J connectivity index is 1.25. The van der Waals surface area contributed by atoms with Crippen LogP contribution < -0.4 is 4.90 Å². The third kappa shape index (κ3) is 3.25. The van der Waals surface area contributed by atoms with Crippen LogP contribution in [0, 0.1) is 29.1 Å². The van der Waals surface area contributed by atoms with E-state index < -0.39 is 0 Å². The van der Waals surface area contributed by atoms with Gasteiger partial charge in [-0.3, -0.25) is 4.79 Å². The number of carbonyl (C=O) groups excluding carboxylic acids is 1. The Morgan fingerprint density at radius 1 is 1.10 bits per heavy atom. The lowest BCUT2D eigenvalue weighted by Gasteiger charge is -2.26. The van der Waals surface area contributed by atoms with Gasteiger partial charge in [0.25, 0.3) is 0 Å². The Morgan fingerprint density at radius 2 is 1.86 bits per heavy atom. The largest absolute Gasteiger partial charge is 0.356 e. The van der Waals surface area contributed by atoms with Crippen LogP contribution in [0.15, 0.2) is 47.8 Å². The summed E-state index contributed by atoms with van der Waals surface area (Å²) in [7, 11) is 0. The summed E-state index contributed by atoms with van der Waals surface area (Å²) < 4.78 is 0. The summed E-state index contributed by atoms with van der Waals surface area (Å²) in [6, 6.07) is 14.0. The number of nitrogens with zero attached hydrogens (tertiary/aromatic N) is 6. The smallest absolute Gasteiger partial charge is 0.246 e. The summed E-state index contributed by atoms with van der Waals surface area (Å²) in [5, 5.41) is 15.2. The van der Waals surface area contributed by atoms with Gasteiger partial charge in [0.05, 0.1) is 6.04 Å². The number of hydrogen-bond acceptors (Lipinski definition) is 6. The number of hydrogen-bond donors (Lipinski definition) is 0. The van der Waals surface area contributed by atoms with Crippen molar-refractivity contribution in [1.29, 1.82) is 5.26 Å². The van der Waals surface area contributed by atoms with Crippen molar-refractivity contribution in [1.82, 2.24) is 15.0 Å². The van der Waals surface area contributed by atoms with Crippen molar-refractivity contribution in [3.8, 4) is 6.07 Å². The van der Waals surface area contributed by atoms with E-state index >= 15 is 0 Å². The number of nitriles is 1. The molecule has 3 aliphatic rings. The standard InChI is InChI=1S/C22H22N6O/c23-11-19-10-21(25-14-24-19)27-12-17-8-16(9-18(17)13-27)22(29)28-20(6-7-26-28)15-4-2-1-3-5-15/h1-5,7,10,14,16-18,20H,6,8-9,12-13H2/t16-,17+,18-,20-/m0/s1. The molecule has 1 aliphatic carbocycles. The van der Waals surface area contributed by atoms with Gasteiger partial charge in [0.1, 0.15) is 23.9 Å². The van der Waals surface area contributed by atoms with Crippen molar-refractivity contribution < 1.29 is 4.79 Å². The number of rotatable bonds is 3. The highest BCUT2D eigenvalue weighted by molar-refractivity contribution is 5.82. The van der Waals surface area contributed by atoms with Crippen LogP contribution in [0.4, 0.5) is 5.82 Å². The van der Waals surface area contributed by atoms with Crippen molar-refractivity contribution >= 4 is 17.9 Å². The molecule has 4 atom stereocenters. The van der Waals surface area contributed by atoms with Crippen LogP contribution in [0.5, 0.6) is 0 Å². The van der Waals surface area contributed by atoms with Crippen LogP contribution in [-0.2, 0) is 4.79 Å². The van der Waals surface area contributed by atoms with Crippen LogP contribution in [0.3, 0.4) is 0 Å². The molecule has 2 aromatic rings. The predicted octanol–water partition coefficient (Wildman–Crippen LogP) is 2.77. The summed E-state index contributed by atoms with van der Waals surface area (Å²) in [6.07, 6.45) is 5.86. The summed E-state index contributed by atoms with van der Waals surface area (Å²) in [4.78, 5) is 23.7. The van der Waals surface area contributed by atoms with Gasteiger partial charge in [-0.15, -0.1) is 0 Å². The van der Waals surface area contributed by atoms with Crippen LogP contribution in [0.2, 0.25) is 0 Å². The SMILES string of the molecule is N#Cc1cc(N2C[C@H]3C[C@H](C(=O)N4N=CC[C@H]4c4ccccc4)C[C@H]3C2)ncn1. The molecule has 1 saturated heterocycles. The minimum atomic E-state index is 0.0195. The van der Waals surface area contributed by atoms with Gasteiger partial charge in [-0.25, -0.2) is 15.0 Å². The third-order valence-corrected chi connectivity index (χ3v) is 6.43. The molecule has 0 bridgehead atoms. The predicted molar refractivity (Wildman–Crippen MR) is 108 cm³/mol. The first-order valence-electron chi connectivity index (χ1n) is 10.1. The number of anilines is 1. The van der Waals surface area contributed by atoms with Gasteiger partial charge in [0.2, 0.25) is 5.91 Å². The Kier molecular flexibility index (Phi) is 4.47. The van der Waals surface area contributed by atoms with E-state index in [-0.39, 0.29) is 17.9 Å². The van der Waals surface area contributed by atoms with Crippen LogP contribution in [0.25, 0.3) is 0 Å². The van der Waals surface area contributed by atoms with Crippen molar-refractivity contribution in [2.75, 3.05) is 18.0 Å². The molecular formula is C22H22N6O. The van der Waals surface area contributed by atoms with Crippen molar-refractivity contribution in [2.45, 2.75) is 25.3 Å². The molecule has 29 heavy (non-hydrogen) atoms. The second-order valence-corrected chi connectivity index (χ2v) is 8.11. The van der Waals surface area contributed by atoms with E-state index in [0.717, 1.165) is 43.7 Å². The monoisotopic (exact) mass is 386 g/mol. The Morgan fingerprint density at radius 3 is 2.59 bits per heavy atom. The molecule has 1 saturated carbocycles. The van der Waals surface area contributed by atoms with E-state index in [9.17, 15) is 4.79 Å². The number of hydrazone groups is 1. The second-order valence-electron chi connectivity index (χ2n) is 8.11. The maximum Gasteiger partial charge on any atom is 0.246 e. The van der Waals surface area contributed by atoms with Crippen LogP contribution in [-0.4, -0.2) is 40.2 Å². The van der Waals surface area contributed by atoms with Gasteiger partial charge < -0.3 is 4.90 Å². The van der Waals surface area contributed by atoms with E-state index in [1.165, 1.54) is 6.33 Å². The summed E-state index contributed by atoms with van der Waals surface area (Å²) in [6.45, 7) is 1.75. The third-order valence-electron chi connectivity index (χ3n) is 6.43. The number of carbonyl (C=O) groups is 1. The number of fused-ring (bicyclic) bond motifs is 1. The molecule has 0 unspecified atom stereocenters. The van der Waals surface area contributed by atoms with Gasteiger partial charge >= 0.3 is 0 Å². The molecule has 7 heteroatoms. The van der Waals surface area contributed by atoms with Gasteiger partial charge in [0, 0.05) is 37.7 Å². The van der Waals surface area contributed by atoms with Crippen LogP contribution in [0.1, 0.15) is 36.6 Å². The van der Waals surface area contributed by atoms with Crippen molar-refractivity contribution in [2.24, 2.45) is 22.9 Å². The number of amides is 1. The average Bonchev–Trinajstić information content (AvgIpc) is 3.48. The average molecular weight is 386 g/mol.